The fourth-order valence-corrected chi connectivity index (χ4v) is 4.67. The van der Waals surface area contributed by atoms with Crippen molar-refractivity contribution in [2.24, 2.45) is 0 Å². The van der Waals surface area contributed by atoms with E-state index >= 15 is 0 Å². The van der Waals surface area contributed by atoms with Crippen molar-refractivity contribution in [1.82, 2.24) is 19.8 Å². The summed E-state index contributed by atoms with van der Waals surface area (Å²) in [6.45, 7) is 2.44. The summed E-state index contributed by atoms with van der Waals surface area (Å²) >= 11 is 0. The van der Waals surface area contributed by atoms with Crippen molar-refractivity contribution in [2.75, 3.05) is 27.2 Å². The number of hydrogen-bond acceptors (Lipinski definition) is 6. The molecule has 4 heterocycles. The fraction of sp³-hybridized carbons (Fsp3) is 0.357. The molecule has 0 bridgehead atoms. The molecule has 8 nitrogen and oxygen atoms in total. The van der Waals surface area contributed by atoms with Gasteiger partial charge in [-0.05, 0) is 88.3 Å². The predicted octanol–water partition coefficient (Wildman–Crippen LogP) is 4.78. The minimum absolute atomic E-state index is 0.190. The highest BCUT2D eigenvalue weighted by Gasteiger charge is 2.22. The van der Waals surface area contributed by atoms with E-state index in [0.717, 1.165) is 0 Å². The molecule has 0 saturated carbocycles. The van der Waals surface area contributed by atoms with Crippen LogP contribution in [0.1, 0.15) is 69.6 Å². The molecule has 0 amide bonds. The van der Waals surface area contributed by atoms with Crippen molar-refractivity contribution < 1.29 is 19.8 Å². The number of aromatic carboxylic acids is 2. The van der Waals surface area contributed by atoms with E-state index in [1.54, 1.807) is 0 Å². The van der Waals surface area contributed by atoms with Crippen LogP contribution in [0.2, 0.25) is 0 Å². The lowest BCUT2D eigenvalue weighted by atomic mass is 10.1. The summed E-state index contributed by atoms with van der Waals surface area (Å²) in [5.74, 6) is -2.46. The van der Waals surface area contributed by atoms with E-state index < -0.39 is 11.9 Å². The van der Waals surface area contributed by atoms with E-state index in [-0.39, 0.29) is 11.1 Å². The molecule has 2 saturated heterocycles. The number of carboxylic acid groups (broad SMARTS) is 2. The molecule has 2 aliphatic rings. The van der Waals surface area contributed by atoms with Gasteiger partial charge in [-0.2, -0.15) is 0 Å². The van der Waals surface area contributed by atoms with E-state index in [1.165, 1.54) is 74.2 Å². The third-order valence-electron chi connectivity index (χ3n) is 6.57. The molecule has 5 rings (SSSR count). The standard InChI is InChI=1S/2C10H14N2.C8H6O4/c2*1-12-7-3-5-10(12)9-4-2-6-11-8-9;9-7(10)5-3-1-2-4-6(5)8(11)12/h2*2,4,6,8,10H,3,5,7H2,1H3;1-4H,(H,9,10)(H,11,12). The van der Waals surface area contributed by atoms with Gasteiger partial charge >= 0.3 is 11.9 Å². The zero-order chi connectivity index (χ0) is 25.9. The summed E-state index contributed by atoms with van der Waals surface area (Å²) in [6, 6.07) is 15.1. The van der Waals surface area contributed by atoms with Gasteiger partial charge in [-0.3, -0.25) is 19.8 Å². The fourth-order valence-electron chi connectivity index (χ4n) is 4.67. The topological polar surface area (TPSA) is 107 Å². The first-order valence-corrected chi connectivity index (χ1v) is 12.1. The molecule has 190 valence electrons. The van der Waals surface area contributed by atoms with Crippen molar-refractivity contribution in [1.29, 1.82) is 0 Å². The Morgan fingerprint density at radius 1 is 0.722 bits per heavy atom. The molecule has 0 aliphatic carbocycles. The Labute approximate surface area is 212 Å². The summed E-state index contributed by atoms with van der Waals surface area (Å²) in [5, 5.41) is 17.1. The number of aromatic nitrogens is 2. The Kier molecular flexibility index (Phi) is 10.1. The van der Waals surface area contributed by atoms with Crippen LogP contribution in [0, 0.1) is 0 Å². The normalized spacial score (nSPS) is 19.5. The van der Waals surface area contributed by atoms with E-state index in [4.69, 9.17) is 10.2 Å². The highest BCUT2D eigenvalue weighted by Crippen LogP contribution is 2.30. The van der Waals surface area contributed by atoms with Crippen LogP contribution in [0.25, 0.3) is 0 Å². The number of rotatable bonds is 4. The molecule has 0 spiro atoms. The van der Waals surface area contributed by atoms with Gasteiger partial charge in [0, 0.05) is 36.9 Å². The van der Waals surface area contributed by atoms with Gasteiger partial charge in [0.1, 0.15) is 0 Å². The second-order valence-corrected chi connectivity index (χ2v) is 9.01. The smallest absolute Gasteiger partial charge is 0.336 e. The number of benzene rings is 1. The monoisotopic (exact) mass is 490 g/mol. The maximum Gasteiger partial charge on any atom is 0.336 e. The van der Waals surface area contributed by atoms with E-state index in [2.05, 4.69) is 46.0 Å². The van der Waals surface area contributed by atoms with E-state index in [1.807, 2.05) is 36.9 Å². The second kappa shape index (κ2) is 13.5. The van der Waals surface area contributed by atoms with Crippen molar-refractivity contribution >= 4 is 11.9 Å². The average Bonchev–Trinajstić information content (AvgIpc) is 3.53. The molecule has 2 aliphatic heterocycles. The second-order valence-electron chi connectivity index (χ2n) is 9.01. The lowest BCUT2D eigenvalue weighted by molar-refractivity contribution is 0.0651. The molecule has 36 heavy (non-hydrogen) atoms. The minimum atomic E-state index is -1.23. The van der Waals surface area contributed by atoms with Crippen LogP contribution in [0.15, 0.2) is 73.3 Å². The average molecular weight is 491 g/mol. The van der Waals surface area contributed by atoms with Crippen molar-refractivity contribution in [3.8, 4) is 0 Å². The first-order chi connectivity index (χ1) is 17.4. The van der Waals surface area contributed by atoms with Crippen LogP contribution in [-0.4, -0.2) is 69.1 Å². The highest BCUT2D eigenvalue weighted by molar-refractivity contribution is 6.01. The van der Waals surface area contributed by atoms with E-state index in [9.17, 15) is 9.59 Å². The summed E-state index contributed by atoms with van der Waals surface area (Å²) in [7, 11) is 4.37. The molecular formula is C28H34N4O4. The van der Waals surface area contributed by atoms with Gasteiger partial charge in [0.2, 0.25) is 0 Å². The zero-order valence-corrected chi connectivity index (χ0v) is 20.8. The van der Waals surface area contributed by atoms with Crippen LogP contribution < -0.4 is 0 Å². The van der Waals surface area contributed by atoms with Gasteiger partial charge in [0.05, 0.1) is 11.1 Å². The summed E-state index contributed by atoms with van der Waals surface area (Å²) in [5.41, 5.74) is 2.34. The Morgan fingerprint density at radius 3 is 1.42 bits per heavy atom. The molecular weight excluding hydrogens is 456 g/mol. The predicted molar refractivity (Wildman–Crippen MR) is 138 cm³/mol. The molecule has 2 aromatic heterocycles. The SMILES string of the molecule is CN1CCCC1c1cccnc1.CN1CCCC1c1cccnc1.O=C(O)c1ccccc1C(=O)O. The first-order valence-electron chi connectivity index (χ1n) is 12.1. The molecule has 2 fully saturated rings. The molecule has 2 atom stereocenters. The number of likely N-dealkylation sites (tertiary alicyclic amines) is 2. The van der Waals surface area contributed by atoms with Crippen LogP contribution >= 0.6 is 0 Å². The Morgan fingerprint density at radius 2 is 1.14 bits per heavy atom. The van der Waals surface area contributed by atoms with Gasteiger partial charge in [0.25, 0.3) is 0 Å². The summed E-state index contributed by atoms with van der Waals surface area (Å²) in [6.07, 6.45) is 12.8. The third kappa shape index (κ3) is 7.44. The Hall–Kier alpha value is -3.62. The van der Waals surface area contributed by atoms with Crippen molar-refractivity contribution in [3.63, 3.8) is 0 Å². The van der Waals surface area contributed by atoms with Crippen LogP contribution in [0.4, 0.5) is 0 Å². The molecule has 8 heteroatoms. The largest absolute Gasteiger partial charge is 0.478 e. The van der Waals surface area contributed by atoms with Gasteiger partial charge in [-0.15, -0.1) is 0 Å². The summed E-state index contributed by atoms with van der Waals surface area (Å²) < 4.78 is 0. The van der Waals surface area contributed by atoms with Crippen LogP contribution in [0.5, 0.6) is 0 Å². The number of pyridine rings is 2. The molecule has 1 aromatic carbocycles. The number of nitrogens with zero attached hydrogens (tertiary/aromatic N) is 4. The van der Waals surface area contributed by atoms with Gasteiger partial charge in [-0.1, -0.05) is 24.3 Å². The highest BCUT2D eigenvalue weighted by atomic mass is 16.4. The van der Waals surface area contributed by atoms with Gasteiger partial charge in [0.15, 0.2) is 0 Å². The molecule has 0 radical (unpaired) electrons. The van der Waals surface area contributed by atoms with Crippen LogP contribution in [0.3, 0.4) is 0 Å². The first kappa shape index (κ1) is 27.0. The van der Waals surface area contributed by atoms with Crippen LogP contribution in [-0.2, 0) is 0 Å². The van der Waals surface area contributed by atoms with E-state index in [0.29, 0.717) is 12.1 Å². The van der Waals surface area contributed by atoms with Gasteiger partial charge in [-0.25, -0.2) is 9.59 Å². The molecule has 3 aromatic rings. The van der Waals surface area contributed by atoms with Crippen molar-refractivity contribution in [3.05, 3.63) is 95.6 Å². The summed E-state index contributed by atoms with van der Waals surface area (Å²) in [4.78, 5) is 34.0. The molecule has 2 N–H and O–H groups in total. The number of carbonyl (C=O) groups is 2. The molecule has 2 unspecified atom stereocenters. The van der Waals surface area contributed by atoms with Crippen molar-refractivity contribution in [2.45, 2.75) is 37.8 Å². The Balaban J connectivity index is 0.000000150. The Bertz CT molecular complexity index is 1020. The van der Waals surface area contributed by atoms with Gasteiger partial charge < -0.3 is 10.2 Å². The number of hydrogen-bond donors (Lipinski definition) is 2. The third-order valence-corrected chi connectivity index (χ3v) is 6.57. The zero-order valence-electron chi connectivity index (χ0n) is 20.8. The lowest BCUT2D eigenvalue weighted by Gasteiger charge is -2.18. The lowest BCUT2D eigenvalue weighted by Crippen LogP contribution is -2.17. The quantitative estimate of drug-likeness (QED) is 0.538. The number of carboxylic acids is 2. The maximum absolute atomic E-state index is 10.5. The minimum Gasteiger partial charge on any atom is -0.478 e. The maximum atomic E-state index is 10.5.